The van der Waals surface area contributed by atoms with Gasteiger partial charge < -0.3 is 9.84 Å². The van der Waals surface area contributed by atoms with Crippen molar-refractivity contribution in [3.05, 3.63) is 17.0 Å². The van der Waals surface area contributed by atoms with Crippen LogP contribution in [-0.2, 0) is 11.2 Å². The van der Waals surface area contributed by atoms with E-state index in [9.17, 15) is 4.79 Å². The highest BCUT2D eigenvalue weighted by Gasteiger charge is 2.14. The lowest BCUT2D eigenvalue weighted by Crippen LogP contribution is -2.20. The summed E-state index contributed by atoms with van der Waals surface area (Å²) in [5, 5.41) is 14.8. The van der Waals surface area contributed by atoms with E-state index in [0.29, 0.717) is 17.0 Å². The first-order chi connectivity index (χ1) is 6.19. The number of hydrogen-bond donors (Lipinski definition) is 1. The lowest BCUT2D eigenvalue weighted by atomic mass is 10.1. The number of nitrogens with zero attached hydrogens (tertiary/aromatic N) is 2. The number of nitriles is 1. The molecule has 0 radical (unpaired) electrons. The van der Waals surface area contributed by atoms with Gasteiger partial charge in [-0.3, -0.25) is 4.79 Å². The Kier molecular flexibility index (Phi) is 2.65. The van der Waals surface area contributed by atoms with E-state index >= 15 is 0 Å². The fourth-order valence-electron chi connectivity index (χ4n) is 0.922. The van der Waals surface area contributed by atoms with Crippen LogP contribution >= 0.6 is 0 Å². The molecule has 0 saturated heterocycles. The van der Waals surface area contributed by atoms with Gasteiger partial charge in [-0.05, 0) is 6.92 Å². The van der Waals surface area contributed by atoms with Crippen LogP contribution in [0.4, 0.5) is 0 Å². The third-order valence-corrected chi connectivity index (χ3v) is 1.65. The quantitative estimate of drug-likeness (QED) is 0.700. The average molecular weight is 179 g/mol. The van der Waals surface area contributed by atoms with Gasteiger partial charge in [0.25, 0.3) is 0 Å². The molecule has 0 saturated carbocycles. The SMILES string of the molecule is CNC(=O)Cc1noc(C)c1C#N. The molecule has 5 heteroatoms. The number of nitrogens with one attached hydrogen (secondary N) is 1. The molecule has 13 heavy (non-hydrogen) atoms. The predicted molar refractivity (Wildman–Crippen MR) is 43.7 cm³/mol. The molecule has 68 valence electrons. The second kappa shape index (κ2) is 3.72. The van der Waals surface area contributed by atoms with E-state index < -0.39 is 0 Å². The van der Waals surface area contributed by atoms with Gasteiger partial charge in [0.2, 0.25) is 5.91 Å². The first kappa shape index (κ1) is 9.26. The van der Waals surface area contributed by atoms with Crippen molar-refractivity contribution in [2.24, 2.45) is 0 Å². The van der Waals surface area contributed by atoms with Crippen molar-refractivity contribution >= 4 is 5.91 Å². The van der Waals surface area contributed by atoms with E-state index in [2.05, 4.69) is 10.5 Å². The number of amides is 1. The average Bonchev–Trinajstić information content (AvgIpc) is 2.46. The Balaban J connectivity index is 2.90. The van der Waals surface area contributed by atoms with Gasteiger partial charge in [0.1, 0.15) is 17.3 Å². The topological polar surface area (TPSA) is 78.9 Å². The molecule has 0 aromatic carbocycles. The number of likely N-dealkylation sites (N-methyl/N-ethyl adjacent to an activating group) is 1. The summed E-state index contributed by atoms with van der Waals surface area (Å²) in [5.74, 6) is 0.256. The molecule has 0 bridgehead atoms. The van der Waals surface area contributed by atoms with Crippen LogP contribution in [0.5, 0.6) is 0 Å². The second-order valence-corrected chi connectivity index (χ2v) is 2.52. The molecule has 0 spiro atoms. The van der Waals surface area contributed by atoms with Gasteiger partial charge in [0.05, 0.1) is 6.42 Å². The summed E-state index contributed by atoms with van der Waals surface area (Å²) in [4.78, 5) is 11.0. The second-order valence-electron chi connectivity index (χ2n) is 2.52. The third-order valence-electron chi connectivity index (χ3n) is 1.65. The molecule has 5 nitrogen and oxygen atoms in total. The van der Waals surface area contributed by atoms with Crippen molar-refractivity contribution in [2.45, 2.75) is 13.3 Å². The Bertz CT molecular complexity index is 362. The van der Waals surface area contributed by atoms with Gasteiger partial charge in [0, 0.05) is 7.05 Å². The van der Waals surface area contributed by atoms with E-state index in [4.69, 9.17) is 9.78 Å². The Morgan fingerprint density at radius 1 is 1.77 bits per heavy atom. The van der Waals surface area contributed by atoms with Crippen LogP contribution in [0.1, 0.15) is 17.0 Å². The summed E-state index contributed by atoms with van der Waals surface area (Å²) < 4.78 is 4.78. The normalized spacial score (nSPS) is 9.31. The highest BCUT2D eigenvalue weighted by atomic mass is 16.5. The Morgan fingerprint density at radius 3 is 3.00 bits per heavy atom. The van der Waals surface area contributed by atoms with E-state index in [-0.39, 0.29) is 12.3 Å². The Labute approximate surface area is 75.3 Å². The van der Waals surface area contributed by atoms with Gasteiger partial charge in [-0.15, -0.1) is 0 Å². The molecular weight excluding hydrogens is 170 g/mol. The molecule has 0 unspecified atom stereocenters. The zero-order valence-electron chi connectivity index (χ0n) is 7.42. The van der Waals surface area contributed by atoms with Crippen LogP contribution in [0.15, 0.2) is 4.52 Å². The zero-order chi connectivity index (χ0) is 9.84. The third kappa shape index (κ3) is 1.85. The summed E-state index contributed by atoms with van der Waals surface area (Å²) in [6.07, 6.45) is 0.0801. The molecule has 0 aliphatic rings. The lowest BCUT2D eigenvalue weighted by Gasteiger charge is -1.94. The number of carbonyl (C=O) groups is 1. The van der Waals surface area contributed by atoms with Gasteiger partial charge in [-0.2, -0.15) is 5.26 Å². The summed E-state index contributed by atoms with van der Waals surface area (Å²) in [7, 11) is 1.53. The van der Waals surface area contributed by atoms with E-state index in [0.717, 1.165) is 0 Å². The van der Waals surface area contributed by atoms with Crippen LogP contribution in [0, 0.1) is 18.3 Å². The molecule has 1 N–H and O–H groups in total. The van der Waals surface area contributed by atoms with Gasteiger partial charge in [-0.1, -0.05) is 5.16 Å². The van der Waals surface area contributed by atoms with E-state index in [1.807, 2.05) is 6.07 Å². The van der Waals surface area contributed by atoms with E-state index in [1.165, 1.54) is 7.05 Å². The fraction of sp³-hybridized carbons (Fsp3) is 0.375. The van der Waals surface area contributed by atoms with Crippen molar-refractivity contribution in [1.29, 1.82) is 5.26 Å². The molecule has 1 amide bonds. The largest absolute Gasteiger partial charge is 0.360 e. The van der Waals surface area contributed by atoms with Crippen LogP contribution in [0.25, 0.3) is 0 Å². The van der Waals surface area contributed by atoms with Crippen molar-refractivity contribution in [2.75, 3.05) is 7.05 Å². The number of aromatic nitrogens is 1. The first-order valence-corrected chi connectivity index (χ1v) is 3.75. The Hall–Kier alpha value is -1.83. The Morgan fingerprint density at radius 2 is 2.46 bits per heavy atom. The molecule has 0 fully saturated rings. The highest BCUT2D eigenvalue weighted by Crippen LogP contribution is 2.11. The maximum atomic E-state index is 11.0. The first-order valence-electron chi connectivity index (χ1n) is 3.75. The summed E-state index contributed by atoms with van der Waals surface area (Å²) >= 11 is 0. The molecule has 0 aliphatic heterocycles. The van der Waals surface area contributed by atoms with Crippen molar-refractivity contribution in [3.8, 4) is 6.07 Å². The number of aryl methyl sites for hydroxylation is 1. The monoisotopic (exact) mass is 179 g/mol. The highest BCUT2D eigenvalue weighted by molar-refractivity contribution is 5.78. The van der Waals surface area contributed by atoms with E-state index in [1.54, 1.807) is 6.92 Å². The molecular formula is C8H9N3O2. The molecule has 0 atom stereocenters. The maximum Gasteiger partial charge on any atom is 0.225 e. The summed E-state index contributed by atoms with van der Waals surface area (Å²) in [6, 6.07) is 1.94. The molecule has 0 aliphatic carbocycles. The minimum Gasteiger partial charge on any atom is -0.360 e. The number of hydrogen-bond acceptors (Lipinski definition) is 4. The molecule has 1 rings (SSSR count). The zero-order valence-corrected chi connectivity index (χ0v) is 7.42. The van der Waals surface area contributed by atoms with Crippen molar-refractivity contribution in [3.63, 3.8) is 0 Å². The van der Waals surface area contributed by atoms with Gasteiger partial charge in [0.15, 0.2) is 5.76 Å². The standard InChI is InChI=1S/C8H9N3O2/c1-5-6(4-9)7(11-13-5)3-8(12)10-2/h3H2,1-2H3,(H,10,12). The van der Waals surface area contributed by atoms with Gasteiger partial charge >= 0.3 is 0 Å². The fourth-order valence-corrected chi connectivity index (χ4v) is 0.922. The summed E-state index contributed by atoms with van der Waals surface area (Å²) in [6.45, 7) is 1.64. The maximum absolute atomic E-state index is 11.0. The molecule has 1 aromatic rings. The number of carbonyl (C=O) groups excluding carboxylic acids is 1. The predicted octanol–water partition coefficient (Wildman–Crippen LogP) is 0.143. The van der Waals surface area contributed by atoms with Crippen LogP contribution in [0.3, 0.4) is 0 Å². The van der Waals surface area contributed by atoms with Crippen LogP contribution < -0.4 is 5.32 Å². The minimum atomic E-state index is -0.190. The lowest BCUT2D eigenvalue weighted by molar-refractivity contribution is -0.120. The number of rotatable bonds is 2. The van der Waals surface area contributed by atoms with Crippen molar-refractivity contribution in [1.82, 2.24) is 10.5 Å². The summed E-state index contributed by atoms with van der Waals surface area (Å²) in [5.41, 5.74) is 0.739. The van der Waals surface area contributed by atoms with Crippen molar-refractivity contribution < 1.29 is 9.32 Å². The van der Waals surface area contributed by atoms with Crippen LogP contribution in [-0.4, -0.2) is 18.1 Å². The minimum absolute atomic E-state index is 0.0801. The smallest absolute Gasteiger partial charge is 0.225 e. The molecule has 1 heterocycles. The van der Waals surface area contributed by atoms with Gasteiger partial charge in [-0.25, -0.2) is 0 Å². The molecule has 1 aromatic heterocycles. The van der Waals surface area contributed by atoms with Crippen LogP contribution in [0.2, 0.25) is 0 Å².